The lowest BCUT2D eigenvalue weighted by Gasteiger charge is -2.37. The average molecular weight is 302 g/mol. The number of aliphatic hydroxyl groups is 2. The molecule has 1 aliphatic carbocycles. The topological polar surface area (TPSA) is 105 Å². The van der Waals surface area contributed by atoms with Crippen molar-refractivity contribution in [3.05, 3.63) is 27.7 Å². The van der Waals surface area contributed by atoms with Gasteiger partial charge in [0.1, 0.15) is 12.2 Å². The largest absolute Gasteiger partial charge is 0.388 e. The quantitative estimate of drug-likeness (QED) is 0.511. The van der Waals surface area contributed by atoms with E-state index in [9.17, 15) is 10.2 Å². The maximum atomic E-state index is 9.88. The lowest BCUT2D eigenvalue weighted by atomic mass is 9.80. The maximum absolute atomic E-state index is 9.88. The van der Waals surface area contributed by atoms with Gasteiger partial charge < -0.3 is 27.0 Å². The summed E-state index contributed by atoms with van der Waals surface area (Å²) in [6.45, 7) is 0. The second-order valence-electron chi connectivity index (χ2n) is 4.21. The first-order valence-corrected chi connectivity index (χ1v) is 6.15. The monoisotopic (exact) mass is 301 g/mol. The van der Waals surface area contributed by atoms with Crippen molar-refractivity contribution < 1.29 is 10.2 Å². The minimum Gasteiger partial charge on any atom is -0.388 e. The summed E-state index contributed by atoms with van der Waals surface area (Å²) in [7, 11) is 1.78. The number of hydrogen-bond donors (Lipinski definition) is 5. The molecule has 0 saturated heterocycles. The van der Waals surface area contributed by atoms with Gasteiger partial charge in [0, 0.05) is 22.8 Å². The molecule has 5 nitrogen and oxygen atoms in total. The molecule has 6 heteroatoms. The third kappa shape index (κ3) is 1.86. The highest BCUT2D eigenvalue weighted by atomic mass is 79.9. The normalized spacial score (nSPS) is 32.1. The van der Waals surface area contributed by atoms with Crippen LogP contribution in [0.25, 0.3) is 0 Å². The molecule has 0 heterocycles. The summed E-state index contributed by atoms with van der Waals surface area (Å²) < 4.78 is 0.792. The molecule has 0 aliphatic heterocycles. The van der Waals surface area contributed by atoms with Gasteiger partial charge in [0.2, 0.25) is 0 Å². The van der Waals surface area contributed by atoms with Crippen LogP contribution in [-0.4, -0.2) is 29.5 Å². The van der Waals surface area contributed by atoms with Crippen LogP contribution >= 0.6 is 15.9 Å². The van der Waals surface area contributed by atoms with Gasteiger partial charge >= 0.3 is 0 Å². The van der Waals surface area contributed by atoms with Gasteiger partial charge in [-0.15, -0.1) is 0 Å². The summed E-state index contributed by atoms with van der Waals surface area (Å²) in [4.78, 5) is 0. The lowest BCUT2D eigenvalue weighted by molar-refractivity contribution is -0.0196. The molecule has 0 amide bonds. The second kappa shape index (κ2) is 4.55. The van der Waals surface area contributed by atoms with Crippen LogP contribution in [-0.2, 0) is 0 Å². The van der Waals surface area contributed by atoms with Crippen LogP contribution in [0.15, 0.2) is 16.6 Å². The summed E-state index contributed by atoms with van der Waals surface area (Å²) in [6.07, 6.45) is -2.11. The Bertz CT molecular complexity index is 441. The number of halogens is 1. The Balaban J connectivity index is 2.67. The van der Waals surface area contributed by atoms with E-state index < -0.39 is 24.3 Å². The Hall–Kier alpha value is -0.660. The minimum absolute atomic E-state index is 0.650. The van der Waals surface area contributed by atoms with E-state index in [4.69, 9.17) is 11.5 Å². The van der Waals surface area contributed by atoms with Crippen LogP contribution in [0.4, 0.5) is 5.69 Å². The van der Waals surface area contributed by atoms with E-state index >= 15 is 0 Å². The summed E-state index contributed by atoms with van der Waals surface area (Å²) in [5, 5.41) is 22.8. The number of nitrogens with two attached hydrogens (primary N) is 2. The van der Waals surface area contributed by atoms with Crippen molar-refractivity contribution in [2.45, 2.75) is 24.3 Å². The fourth-order valence-electron chi connectivity index (χ4n) is 2.29. The Morgan fingerprint density at radius 1 is 1.12 bits per heavy atom. The number of fused-ring (bicyclic) bond motifs is 1. The standard InChI is InChI=1S/C11H16BrN3O2/c1-15-5-3-2-4(12)6-7(5)9(14)11(17)10(16)8(6)13/h2-3,8-11,15-17H,13-14H2,1H3/t8-,9+,10+,11-/m1/s1. The van der Waals surface area contributed by atoms with Gasteiger partial charge in [0.25, 0.3) is 0 Å². The van der Waals surface area contributed by atoms with Gasteiger partial charge in [0.15, 0.2) is 0 Å². The molecule has 0 bridgehead atoms. The van der Waals surface area contributed by atoms with Crippen molar-refractivity contribution in [2.24, 2.45) is 11.5 Å². The van der Waals surface area contributed by atoms with Gasteiger partial charge in [-0.2, -0.15) is 0 Å². The SMILES string of the molecule is CNc1ccc(Br)c2c1[C@H](N)[C@@H](O)[C@@H](O)[C@@H]2N. The van der Waals surface area contributed by atoms with E-state index in [1.54, 1.807) is 7.05 Å². The van der Waals surface area contributed by atoms with Crippen molar-refractivity contribution in [1.82, 2.24) is 0 Å². The minimum atomic E-state index is -1.06. The fraction of sp³-hybridized carbons (Fsp3) is 0.455. The van der Waals surface area contributed by atoms with Crippen molar-refractivity contribution in [1.29, 1.82) is 0 Å². The number of benzene rings is 1. The molecule has 0 unspecified atom stereocenters. The molecule has 0 spiro atoms. The molecule has 1 aromatic carbocycles. The first kappa shape index (κ1) is 12.8. The van der Waals surface area contributed by atoms with Gasteiger partial charge in [-0.1, -0.05) is 15.9 Å². The zero-order valence-electron chi connectivity index (χ0n) is 9.39. The van der Waals surface area contributed by atoms with Crippen LogP contribution in [0.2, 0.25) is 0 Å². The Kier molecular flexibility index (Phi) is 3.42. The van der Waals surface area contributed by atoms with Gasteiger partial charge in [0.05, 0.1) is 12.1 Å². The number of rotatable bonds is 1. The predicted octanol–water partition coefficient (Wildman–Crippen LogP) is 0.226. The second-order valence-corrected chi connectivity index (χ2v) is 5.06. The average Bonchev–Trinajstić information content (AvgIpc) is 2.33. The molecule has 4 atom stereocenters. The maximum Gasteiger partial charge on any atom is 0.101 e. The zero-order chi connectivity index (χ0) is 12.7. The van der Waals surface area contributed by atoms with Crippen molar-refractivity contribution in [2.75, 3.05) is 12.4 Å². The third-order valence-electron chi connectivity index (χ3n) is 3.26. The Morgan fingerprint density at radius 3 is 2.18 bits per heavy atom. The van der Waals surface area contributed by atoms with Gasteiger partial charge in [-0.05, 0) is 17.7 Å². The van der Waals surface area contributed by atoms with E-state index in [-0.39, 0.29) is 0 Å². The summed E-state index contributed by atoms with van der Waals surface area (Å²) in [5.41, 5.74) is 14.2. The Labute approximate surface area is 108 Å². The molecule has 2 rings (SSSR count). The van der Waals surface area contributed by atoms with Crippen LogP contribution in [0.5, 0.6) is 0 Å². The summed E-state index contributed by atoms with van der Waals surface area (Å²) in [5.74, 6) is 0. The zero-order valence-corrected chi connectivity index (χ0v) is 11.0. The first-order valence-electron chi connectivity index (χ1n) is 5.36. The molecule has 0 saturated carbocycles. The molecule has 1 aromatic rings. The molecule has 17 heavy (non-hydrogen) atoms. The summed E-state index contributed by atoms with van der Waals surface area (Å²) in [6, 6.07) is 2.41. The van der Waals surface area contributed by atoms with E-state index in [1.807, 2.05) is 12.1 Å². The lowest BCUT2D eigenvalue weighted by Crippen LogP contribution is -2.48. The molecular weight excluding hydrogens is 286 g/mol. The molecule has 0 radical (unpaired) electrons. The fourth-order valence-corrected chi connectivity index (χ4v) is 2.90. The third-order valence-corrected chi connectivity index (χ3v) is 3.95. The van der Waals surface area contributed by atoms with Crippen LogP contribution in [0, 0.1) is 0 Å². The highest BCUT2D eigenvalue weighted by Gasteiger charge is 2.40. The Morgan fingerprint density at radius 2 is 1.65 bits per heavy atom. The number of hydrogen-bond acceptors (Lipinski definition) is 5. The van der Waals surface area contributed by atoms with Crippen LogP contribution in [0.3, 0.4) is 0 Å². The van der Waals surface area contributed by atoms with E-state index in [2.05, 4.69) is 21.2 Å². The van der Waals surface area contributed by atoms with Crippen molar-refractivity contribution >= 4 is 21.6 Å². The van der Waals surface area contributed by atoms with Gasteiger partial charge in [-0.25, -0.2) is 0 Å². The molecule has 0 fully saturated rings. The van der Waals surface area contributed by atoms with Crippen molar-refractivity contribution in [3.63, 3.8) is 0 Å². The van der Waals surface area contributed by atoms with E-state index in [0.717, 1.165) is 21.3 Å². The first-order chi connectivity index (χ1) is 7.99. The highest BCUT2D eigenvalue weighted by molar-refractivity contribution is 9.10. The number of anilines is 1. The van der Waals surface area contributed by atoms with Crippen LogP contribution in [0.1, 0.15) is 23.2 Å². The van der Waals surface area contributed by atoms with Crippen LogP contribution < -0.4 is 16.8 Å². The van der Waals surface area contributed by atoms with E-state index in [1.165, 1.54) is 0 Å². The number of aliphatic hydroxyl groups excluding tert-OH is 2. The molecular formula is C11H16BrN3O2. The van der Waals surface area contributed by atoms with Gasteiger partial charge in [-0.3, -0.25) is 0 Å². The van der Waals surface area contributed by atoms with Crippen molar-refractivity contribution in [3.8, 4) is 0 Å². The predicted molar refractivity (Wildman–Crippen MR) is 69.6 cm³/mol. The molecule has 7 N–H and O–H groups in total. The smallest absolute Gasteiger partial charge is 0.101 e. The highest BCUT2D eigenvalue weighted by Crippen LogP contribution is 2.42. The molecule has 1 aliphatic rings. The molecule has 94 valence electrons. The van der Waals surface area contributed by atoms with E-state index in [0.29, 0.717) is 0 Å². The summed E-state index contributed by atoms with van der Waals surface area (Å²) >= 11 is 3.40. The number of nitrogens with one attached hydrogen (secondary N) is 1. The molecule has 0 aromatic heterocycles.